The molecule has 82 valence electrons. The summed E-state index contributed by atoms with van der Waals surface area (Å²) < 4.78 is 0. The molecule has 1 heterocycles. The van der Waals surface area contributed by atoms with Crippen molar-refractivity contribution in [3.63, 3.8) is 0 Å². The fourth-order valence-corrected chi connectivity index (χ4v) is 1.75. The van der Waals surface area contributed by atoms with Gasteiger partial charge in [-0.1, -0.05) is 17.7 Å². The van der Waals surface area contributed by atoms with Crippen LogP contribution in [0.2, 0.25) is 0 Å². The summed E-state index contributed by atoms with van der Waals surface area (Å²) in [7, 11) is 0. The molecule has 0 spiro atoms. The third kappa shape index (κ3) is 2.22. The van der Waals surface area contributed by atoms with Gasteiger partial charge in [0.15, 0.2) is 0 Å². The van der Waals surface area contributed by atoms with Gasteiger partial charge in [0.05, 0.1) is 11.6 Å². The normalized spacial score (nSPS) is 10.4. The molecular formula is C13H13ClN2. The van der Waals surface area contributed by atoms with Crippen molar-refractivity contribution in [3.8, 4) is 11.3 Å². The van der Waals surface area contributed by atoms with Crippen molar-refractivity contribution in [2.45, 2.75) is 19.7 Å². The Hall–Kier alpha value is -1.41. The fourth-order valence-electron chi connectivity index (χ4n) is 1.63. The van der Waals surface area contributed by atoms with Crippen molar-refractivity contribution < 1.29 is 0 Å². The molecule has 0 bridgehead atoms. The first-order valence-corrected chi connectivity index (χ1v) is 5.69. The van der Waals surface area contributed by atoms with E-state index in [1.807, 2.05) is 6.07 Å². The van der Waals surface area contributed by atoms with Crippen molar-refractivity contribution in [1.82, 2.24) is 9.97 Å². The van der Waals surface area contributed by atoms with E-state index in [9.17, 15) is 0 Å². The smallest absolute Gasteiger partial charge is 0.143 e. The summed E-state index contributed by atoms with van der Waals surface area (Å²) >= 11 is 5.73. The van der Waals surface area contributed by atoms with Gasteiger partial charge >= 0.3 is 0 Å². The van der Waals surface area contributed by atoms with Gasteiger partial charge in [-0.05, 0) is 31.5 Å². The number of rotatable bonds is 2. The molecule has 0 aliphatic heterocycles. The summed E-state index contributed by atoms with van der Waals surface area (Å²) in [6, 6.07) is 8.25. The molecule has 2 rings (SSSR count). The van der Waals surface area contributed by atoms with Crippen LogP contribution in [0.3, 0.4) is 0 Å². The molecule has 0 aliphatic rings. The molecular weight excluding hydrogens is 220 g/mol. The summed E-state index contributed by atoms with van der Waals surface area (Å²) in [5.41, 5.74) is 4.53. The molecule has 0 unspecified atom stereocenters. The highest BCUT2D eigenvalue weighted by atomic mass is 35.5. The van der Waals surface area contributed by atoms with E-state index in [2.05, 4.69) is 42.0 Å². The number of alkyl halides is 1. The van der Waals surface area contributed by atoms with Gasteiger partial charge < -0.3 is 0 Å². The Kier molecular flexibility index (Phi) is 3.20. The number of hydrogen-bond acceptors (Lipinski definition) is 2. The molecule has 0 atom stereocenters. The standard InChI is InChI=1S/C13H13ClN2/c1-9-3-4-10(2)11(7-9)12-5-6-15-13(8-14)16-12/h3-7H,8H2,1-2H3. The van der Waals surface area contributed by atoms with Crippen LogP contribution in [0.4, 0.5) is 0 Å². The number of nitrogens with zero attached hydrogens (tertiary/aromatic N) is 2. The van der Waals surface area contributed by atoms with Crippen LogP contribution >= 0.6 is 11.6 Å². The zero-order chi connectivity index (χ0) is 11.5. The minimum Gasteiger partial charge on any atom is -0.240 e. The van der Waals surface area contributed by atoms with Gasteiger partial charge in [0.2, 0.25) is 0 Å². The summed E-state index contributed by atoms with van der Waals surface area (Å²) in [6.45, 7) is 4.16. The third-order valence-corrected chi connectivity index (χ3v) is 2.73. The Morgan fingerprint density at radius 2 is 2.00 bits per heavy atom. The summed E-state index contributed by atoms with van der Waals surface area (Å²) in [5.74, 6) is 1.01. The molecule has 16 heavy (non-hydrogen) atoms. The van der Waals surface area contributed by atoms with E-state index in [0.717, 1.165) is 11.3 Å². The van der Waals surface area contributed by atoms with Crippen LogP contribution in [-0.4, -0.2) is 9.97 Å². The minimum atomic E-state index is 0.346. The predicted octanol–water partition coefficient (Wildman–Crippen LogP) is 3.50. The first kappa shape index (κ1) is 11.1. The van der Waals surface area contributed by atoms with E-state index in [4.69, 9.17) is 11.6 Å². The maximum Gasteiger partial charge on any atom is 0.143 e. The Bertz CT molecular complexity index is 509. The maximum atomic E-state index is 5.73. The van der Waals surface area contributed by atoms with E-state index < -0.39 is 0 Å². The van der Waals surface area contributed by atoms with Crippen LogP contribution < -0.4 is 0 Å². The lowest BCUT2D eigenvalue weighted by Crippen LogP contribution is -1.94. The Balaban J connectivity index is 2.53. The SMILES string of the molecule is Cc1ccc(C)c(-c2ccnc(CCl)n2)c1. The van der Waals surface area contributed by atoms with Crippen molar-refractivity contribution in [3.05, 3.63) is 47.4 Å². The van der Waals surface area contributed by atoms with Crippen molar-refractivity contribution in [1.29, 1.82) is 0 Å². The highest BCUT2D eigenvalue weighted by Crippen LogP contribution is 2.22. The number of halogens is 1. The highest BCUT2D eigenvalue weighted by Gasteiger charge is 2.04. The molecule has 0 saturated carbocycles. The average Bonchev–Trinajstić information content (AvgIpc) is 2.32. The Labute approximate surface area is 100 Å². The second-order valence-electron chi connectivity index (χ2n) is 3.81. The molecule has 0 aliphatic carbocycles. The molecule has 0 amide bonds. The van der Waals surface area contributed by atoms with E-state index in [1.54, 1.807) is 6.20 Å². The molecule has 1 aromatic heterocycles. The quantitative estimate of drug-likeness (QED) is 0.741. The van der Waals surface area contributed by atoms with Crippen LogP contribution in [0.25, 0.3) is 11.3 Å². The highest BCUT2D eigenvalue weighted by molar-refractivity contribution is 6.16. The maximum absolute atomic E-state index is 5.73. The summed E-state index contributed by atoms with van der Waals surface area (Å²) in [4.78, 5) is 8.51. The second kappa shape index (κ2) is 4.62. The third-order valence-electron chi connectivity index (χ3n) is 2.49. The Morgan fingerprint density at radius 3 is 2.75 bits per heavy atom. The van der Waals surface area contributed by atoms with Crippen LogP contribution in [0.15, 0.2) is 30.5 Å². The zero-order valence-electron chi connectivity index (χ0n) is 9.37. The second-order valence-corrected chi connectivity index (χ2v) is 4.08. The average molecular weight is 233 g/mol. The number of hydrogen-bond donors (Lipinski definition) is 0. The van der Waals surface area contributed by atoms with Crippen LogP contribution in [-0.2, 0) is 5.88 Å². The lowest BCUT2D eigenvalue weighted by Gasteiger charge is -2.07. The van der Waals surface area contributed by atoms with E-state index in [0.29, 0.717) is 11.7 Å². The summed E-state index contributed by atoms with van der Waals surface area (Å²) in [6.07, 6.45) is 1.75. The number of benzene rings is 1. The van der Waals surface area contributed by atoms with E-state index in [1.165, 1.54) is 11.1 Å². The lowest BCUT2D eigenvalue weighted by atomic mass is 10.0. The van der Waals surface area contributed by atoms with Gasteiger partial charge in [0.25, 0.3) is 0 Å². The molecule has 1 aromatic carbocycles. The molecule has 3 heteroatoms. The van der Waals surface area contributed by atoms with Crippen molar-refractivity contribution >= 4 is 11.6 Å². The number of aromatic nitrogens is 2. The Morgan fingerprint density at radius 1 is 1.19 bits per heavy atom. The van der Waals surface area contributed by atoms with Crippen LogP contribution in [0.5, 0.6) is 0 Å². The molecule has 0 radical (unpaired) electrons. The van der Waals surface area contributed by atoms with Crippen LogP contribution in [0.1, 0.15) is 17.0 Å². The predicted molar refractivity (Wildman–Crippen MR) is 66.5 cm³/mol. The van der Waals surface area contributed by atoms with Gasteiger partial charge in [-0.3, -0.25) is 0 Å². The molecule has 0 fully saturated rings. The zero-order valence-corrected chi connectivity index (χ0v) is 10.1. The molecule has 0 saturated heterocycles. The van der Waals surface area contributed by atoms with Gasteiger partial charge in [0.1, 0.15) is 5.82 Å². The van der Waals surface area contributed by atoms with E-state index in [-0.39, 0.29) is 0 Å². The molecule has 2 nitrogen and oxygen atoms in total. The fraction of sp³-hybridized carbons (Fsp3) is 0.231. The molecule has 2 aromatic rings. The van der Waals surface area contributed by atoms with Gasteiger partial charge in [-0.2, -0.15) is 0 Å². The first-order valence-electron chi connectivity index (χ1n) is 5.16. The first-order chi connectivity index (χ1) is 7.70. The number of aryl methyl sites for hydroxylation is 2. The van der Waals surface area contributed by atoms with Gasteiger partial charge in [-0.25, -0.2) is 9.97 Å². The van der Waals surface area contributed by atoms with Crippen LogP contribution in [0, 0.1) is 13.8 Å². The van der Waals surface area contributed by atoms with E-state index >= 15 is 0 Å². The minimum absolute atomic E-state index is 0.346. The van der Waals surface area contributed by atoms with Crippen molar-refractivity contribution in [2.24, 2.45) is 0 Å². The largest absolute Gasteiger partial charge is 0.240 e. The monoisotopic (exact) mass is 232 g/mol. The molecule has 0 N–H and O–H groups in total. The van der Waals surface area contributed by atoms with Gasteiger partial charge in [0, 0.05) is 11.8 Å². The van der Waals surface area contributed by atoms with Gasteiger partial charge in [-0.15, -0.1) is 11.6 Å². The summed E-state index contributed by atoms with van der Waals surface area (Å²) in [5, 5.41) is 0. The van der Waals surface area contributed by atoms with Crippen molar-refractivity contribution in [2.75, 3.05) is 0 Å². The topological polar surface area (TPSA) is 25.8 Å². The lowest BCUT2D eigenvalue weighted by molar-refractivity contribution is 1.03.